The molecule has 2 aromatic carbocycles. The number of aromatic hydroxyl groups is 1. The largest absolute Gasteiger partial charge is 0.504 e. The van der Waals surface area contributed by atoms with E-state index in [2.05, 4.69) is 11.9 Å². The summed E-state index contributed by atoms with van der Waals surface area (Å²) in [6.45, 7) is 5.22. The van der Waals surface area contributed by atoms with Crippen molar-refractivity contribution in [1.82, 2.24) is 4.90 Å². The Hall–Kier alpha value is -3.52. The number of phenols is 1. The van der Waals surface area contributed by atoms with Crippen LogP contribution in [0.2, 0.25) is 0 Å². The van der Waals surface area contributed by atoms with E-state index in [9.17, 15) is 19.5 Å². The zero-order chi connectivity index (χ0) is 22.5. The van der Waals surface area contributed by atoms with Gasteiger partial charge in [-0.3, -0.25) is 19.3 Å². The average molecular weight is 439 g/mol. The molecular formula is C23H22N2O5S. The van der Waals surface area contributed by atoms with Crippen molar-refractivity contribution in [3.05, 3.63) is 70.6 Å². The molecule has 3 rings (SSSR count). The number of allylic oxidation sites excluding steroid dienone is 1. The fourth-order valence-corrected chi connectivity index (χ4v) is 3.85. The van der Waals surface area contributed by atoms with E-state index in [4.69, 9.17) is 4.74 Å². The molecule has 0 aliphatic carbocycles. The third kappa shape index (κ3) is 5.16. The Balaban J connectivity index is 1.77. The second kappa shape index (κ2) is 9.53. The first kappa shape index (κ1) is 22.2. The Labute approximate surface area is 184 Å². The number of ether oxygens (including phenoxy) is 1. The summed E-state index contributed by atoms with van der Waals surface area (Å²) in [4.78, 5) is 38.5. The van der Waals surface area contributed by atoms with Crippen LogP contribution in [0.3, 0.4) is 0 Å². The molecule has 1 aliphatic rings. The van der Waals surface area contributed by atoms with Gasteiger partial charge in [-0.05, 0) is 61.0 Å². The van der Waals surface area contributed by atoms with Gasteiger partial charge in [-0.25, -0.2) is 0 Å². The highest BCUT2D eigenvalue weighted by molar-refractivity contribution is 8.18. The minimum atomic E-state index is -0.550. The van der Waals surface area contributed by atoms with Crippen LogP contribution in [-0.4, -0.2) is 40.7 Å². The molecule has 0 bridgehead atoms. The maximum atomic E-state index is 12.7. The van der Waals surface area contributed by atoms with Gasteiger partial charge in [0.2, 0.25) is 5.91 Å². The van der Waals surface area contributed by atoms with Gasteiger partial charge in [-0.2, -0.15) is 0 Å². The molecule has 0 radical (unpaired) electrons. The molecule has 160 valence electrons. The van der Waals surface area contributed by atoms with Crippen LogP contribution >= 0.6 is 11.8 Å². The number of hydrogen-bond acceptors (Lipinski definition) is 6. The number of nitrogens with one attached hydrogen (secondary N) is 1. The van der Waals surface area contributed by atoms with Crippen molar-refractivity contribution >= 4 is 40.6 Å². The number of aryl methyl sites for hydroxylation is 1. The fraction of sp³-hybridized carbons (Fsp3) is 0.174. The lowest BCUT2D eigenvalue weighted by atomic mass is 10.1. The summed E-state index contributed by atoms with van der Waals surface area (Å²) >= 11 is 0.759. The minimum Gasteiger partial charge on any atom is -0.504 e. The molecule has 1 fully saturated rings. The van der Waals surface area contributed by atoms with Crippen LogP contribution in [0.4, 0.5) is 10.5 Å². The predicted molar refractivity (Wildman–Crippen MR) is 121 cm³/mol. The fourth-order valence-electron chi connectivity index (χ4n) is 3.01. The van der Waals surface area contributed by atoms with Crippen molar-refractivity contribution in [3.8, 4) is 11.5 Å². The molecule has 3 amide bonds. The molecule has 8 heteroatoms. The zero-order valence-corrected chi connectivity index (χ0v) is 18.0. The summed E-state index contributed by atoms with van der Waals surface area (Å²) in [6.07, 6.45) is 3.58. The van der Waals surface area contributed by atoms with E-state index < -0.39 is 17.1 Å². The number of hydrogen-bond donors (Lipinski definition) is 2. The molecule has 0 spiro atoms. The van der Waals surface area contributed by atoms with Crippen molar-refractivity contribution in [3.63, 3.8) is 0 Å². The molecule has 0 saturated carbocycles. The Morgan fingerprint density at radius 3 is 2.61 bits per heavy atom. The number of anilines is 1. The number of phenolic OH excluding ortho intramolecular Hbond substituents is 1. The first-order valence-corrected chi connectivity index (χ1v) is 10.3. The highest BCUT2D eigenvalue weighted by atomic mass is 32.2. The number of nitrogens with zero attached hydrogens (tertiary/aromatic N) is 1. The summed E-state index contributed by atoms with van der Waals surface area (Å²) < 4.78 is 5.19. The smallest absolute Gasteiger partial charge is 0.294 e. The second-order valence-corrected chi connectivity index (χ2v) is 7.90. The Morgan fingerprint density at radius 1 is 1.26 bits per heavy atom. The monoisotopic (exact) mass is 438 g/mol. The van der Waals surface area contributed by atoms with E-state index in [0.29, 0.717) is 23.2 Å². The standard InChI is InChI=1S/C23H22N2O5S/c1-4-5-16-10-15(11-18(30-3)21(16)27)12-19-22(28)25(23(29)31-19)13-20(26)24-17-8-6-14(2)7-9-17/h4,6-12,27H,1,5,13H2,2-3H3,(H,24,26). The molecule has 2 aromatic rings. The molecule has 2 N–H and O–H groups in total. The van der Waals surface area contributed by atoms with Crippen molar-refractivity contribution in [1.29, 1.82) is 0 Å². The van der Waals surface area contributed by atoms with Gasteiger partial charge in [0.1, 0.15) is 6.54 Å². The van der Waals surface area contributed by atoms with Crippen molar-refractivity contribution in [2.75, 3.05) is 19.0 Å². The van der Waals surface area contributed by atoms with Gasteiger partial charge in [-0.15, -0.1) is 6.58 Å². The summed E-state index contributed by atoms with van der Waals surface area (Å²) in [6, 6.07) is 10.5. The third-order valence-electron chi connectivity index (χ3n) is 4.57. The van der Waals surface area contributed by atoms with E-state index in [1.165, 1.54) is 13.2 Å². The first-order chi connectivity index (χ1) is 14.8. The van der Waals surface area contributed by atoms with Crippen LogP contribution in [0, 0.1) is 6.92 Å². The van der Waals surface area contributed by atoms with Crippen molar-refractivity contribution in [2.24, 2.45) is 0 Å². The summed E-state index contributed by atoms with van der Waals surface area (Å²) in [5.74, 6) is -0.763. The number of thioether (sulfide) groups is 1. The van der Waals surface area contributed by atoms with Crippen LogP contribution in [0.1, 0.15) is 16.7 Å². The lowest BCUT2D eigenvalue weighted by Crippen LogP contribution is -2.36. The summed E-state index contributed by atoms with van der Waals surface area (Å²) in [7, 11) is 1.43. The Morgan fingerprint density at radius 2 is 1.97 bits per heavy atom. The van der Waals surface area contributed by atoms with Gasteiger partial charge >= 0.3 is 0 Å². The van der Waals surface area contributed by atoms with Crippen LogP contribution in [0.25, 0.3) is 6.08 Å². The summed E-state index contributed by atoms with van der Waals surface area (Å²) in [5, 5.41) is 12.4. The third-order valence-corrected chi connectivity index (χ3v) is 5.48. The molecule has 1 heterocycles. The Kier molecular flexibility index (Phi) is 6.81. The minimum absolute atomic E-state index is 0.000399. The van der Waals surface area contributed by atoms with Gasteiger partial charge < -0.3 is 15.2 Å². The van der Waals surface area contributed by atoms with Crippen LogP contribution in [-0.2, 0) is 16.0 Å². The predicted octanol–water partition coefficient (Wildman–Crippen LogP) is 4.11. The van der Waals surface area contributed by atoms with Crippen LogP contribution < -0.4 is 10.1 Å². The molecule has 0 unspecified atom stereocenters. The number of carbonyl (C=O) groups is 3. The number of amides is 3. The van der Waals surface area contributed by atoms with E-state index in [0.717, 1.165) is 22.2 Å². The highest BCUT2D eigenvalue weighted by Gasteiger charge is 2.36. The molecule has 7 nitrogen and oxygen atoms in total. The first-order valence-electron chi connectivity index (χ1n) is 9.45. The van der Waals surface area contributed by atoms with E-state index >= 15 is 0 Å². The maximum absolute atomic E-state index is 12.7. The maximum Gasteiger partial charge on any atom is 0.294 e. The van der Waals surface area contributed by atoms with E-state index in [1.54, 1.807) is 30.3 Å². The average Bonchev–Trinajstić information content (AvgIpc) is 2.99. The number of methoxy groups -OCH3 is 1. The molecule has 0 aromatic heterocycles. The van der Waals surface area contributed by atoms with Gasteiger partial charge in [0.25, 0.3) is 11.1 Å². The lowest BCUT2D eigenvalue weighted by Gasteiger charge is -2.12. The topological polar surface area (TPSA) is 95.9 Å². The molecule has 1 aliphatic heterocycles. The van der Waals surface area contributed by atoms with Crippen LogP contribution in [0.5, 0.6) is 11.5 Å². The zero-order valence-electron chi connectivity index (χ0n) is 17.2. The van der Waals surface area contributed by atoms with Crippen LogP contribution in [0.15, 0.2) is 54.0 Å². The van der Waals surface area contributed by atoms with Gasteiger partial charge in [0.15, 0.2) is 11.5 Å². The lowest BCUT2D eigenvalue weighted by molar-refractivity contribution is -0.127. The van der Waals surface area contributed by atoms with Gasteiger partial charge in [0.05, 0.1) is 12.0 Å². The number of benzene rings is 2. The molecular weight excluding hydrogens is 416 g/mol. The second-order valence-electron chi connectivity index (χ2n) is 6.91. The van der Waals surface area contributed by atoms with Gasteiger partial charge in [0, 0.05) is 11.3 Å². The quantitative estimate of drug-likeness (QED) is 0.499. The summed E-state index contributed by atoms with van der Waals surface area (Å²) in [5.41, 5.74) is 2.80. The van der Waals surface area contributed by atoms with E-state index in [-0.39, 0.29) is 22.9 Å². The highest BCUT2D eigenvalue weighted by Crippen LogP contribution is 2.36. The molecule has 1 saturated heterocycles. The SMILES string of the molecule is C=CCc1cc(C=C2SC(=O)N(CC(=O)Nc3ccc(C)cc3)C2=O)cc(OC)c1O. The normalized spacial score (nSPS) is 14.8. The van der Waals surface area contributed by atoms with Crippen molar-refractivity contribution < 1.29 is 24.2 Å². The number of imide groups is 1. The van der Waals surface area contributed by atoms with Crippen molar-refractivity contribution in [2.45, 2.75) is 13.3 Å². The molecule has 31 heavy (non-hydrogen) atoms. The molecule has 0 atom stereocenters. The number of carbonyl (C=O) groups excluding carboxylic acids is 3. The Bertz CT molecular complexity index is 1080. The van der Waals surface area contributed by atoms with Gasteiger partial charge in [-0.1, -0.05) is 23.8 Å². The number of rotatable bonds is 7. The van der Waals surface area contributed by atoms with E-state index in [1.807, 2.05) is 19.1 Å².